The van der Waals surface area contributed by atoms with Gasteiger partial charge in [0.25, 0.3) is 0 Å². The second kappa shape index (κ2) is 8.12. The Labute approximate surface area is 187 Å². The minimum atomic E-state index is -0.921. The number of hydrogen-bond donors (Lipinski definition) is 2. The fourth-order valence-corrected chi connectivity index (χ4v) is 4.58. The van der Waals surface area contributed by atoms with Crippen molar-refractivity contribution >= 4 is 24.1 Å². The molecule has 4 rings (SSSR count). The van der Waals surface area contributed by atoms with Crippen LogP contribution in [0.15, 0.2) is 0 Å². The lowest BCUT2D eigenvalue weighted by Crippen LogP contribution is -2.45. The van der Waals surface area contributed by atoms with Crippen LogP contribution in [0.25, 0.3) is 0 Å². The molecular formula is C22H34N2O8. The van der Waals surface area contributed by atoms with Crippen LogP contribution in [0.5, 0.6) is 0 Å². The normalized spacial score (nSPS) is 32.2. The van der Waals surface area contributed by atoms with Crippen LogP contribution in [0, 0.1) is 23.7 Å². The quantitative estimate of drug-likeness (QED) is 0.650. The van der Waals surface area contributed by atoms with Gasteiger partial charge in [0.05, 0.1) is 0 Å². The van der Waals surface area contributed by atoms with Gasteiger partial charge in [-0.05, 0) is 78.1 Å². The van der Waals surface area contributed by atoms with E-state index < -0.39 is 47.4 Å². The SMILES string of the molecule is CC(C)(C)OC(=O)N1CC2C[C@@H]2[C@@H]1C(=O)O.CC(C)(C)OC(=O)N1CC2C[C@@H]2[C@H]1C(=O)O. The first-order valence-corrected chi connectivity index (χ1v) is 11.0. The number of likely N-dealkylation sites (tertiary alicyclic amines) is 2. The third-order valence-corrected chi connectivity index (χ3v) is 6.06. The van der Waals surface area contributed by atoms with Crippen molar-refractivity contribution in [1.29, 1.82) is 0 Å². The van der Waals surface area contributed by atoms with E-state index in [1.54, 1.807) is 41.5 Å². The van der Waals surface area contributed by atoms with Gasteiger partial charge in [-0.25, -0.2) is 19.2 Å². The molecule has 10 nitrogen and oxygen atoms in total. The summed E-state index contributed by atoms with van der Waals surface area (Å²) in [7, 11) is 0. The largest absolute Gasteiger partial charge is 0.480 e. The van der Waals surface area contributed by atoms with E-state index in [1.165, 1.54) is 9.80 Å². The van der Waals surface area contributed by atoms with Crippen LogP contribution < -0.4 is 0 Å². The summed E-state index contributed by atoms with van der Waals surface area (Å²) < 4.78 is 10.4. The number of amides is 2. The average Bonchev–Trinajstić information content (AvgIpc) is 3.47. The first-order chi connectivity index (χ1) is 14.6. The fraction of sp³-hybridized carbons (Fsp3) is 0.818. The van der Waals surface area contributed by atoms with Crippen molar-refractivity contribution in [3.05, 3.63) is 0 Å². The van der Waals surface area contributed by atoms with Crippen LogP contribution in [0.2, 0.25) is 0 Å². The highest BCUT2D eigenvalue weighted by Gasteiger charge is 2.58. The zero-order chi connectivity index (χ0) is 24.2. The Bertz CT molecular complexity index is 733. The second-order valence-electron chi connectivity index (χ2n) is 11.2. The van der Waals surface area contributed by atoms with Gasteiger partial charge >= 0.3 is 24.1 Å². The zero-order valence-electron chi connectivity index (χ0n) is 19.5. The number of piperidine rings is 2. The van der Waals surface area contributed by atoms with E-state index in [9.17, 15) is 19.2 Å². The van der Waals surface area contributed by atoms with Gasteiger partial charge in [0.15, 0.2) is 0 Å². The average molecular weight is 455 g/mol. The van der Waals surface area contributed by atoms with Gasteiger partial charge in [-0.1, -0.05) is 0 Å². The fourth-order valence-electron chi connectivity index (χ4n) is 4.58. The van der Waals surface area contributed by atoms with Crippen molar-refractivity contribution in [1.82, 2.24) is 9.80 Å². The Hall–Kier alpha value is -2.52. The zero-order valence-corrected chi connectivity index (χ0v) is 19.5. The molecular weight excluding hydrogens is 420 g/mol. The third-order valence-electron chi connectivity index (χ3n) is 6.06. The van der Waals surface area contributed by atoms with E-state index in [0.29, 0.717) is 24.9 Å². The summed E-state index contributed by atoms with van der Waals surface area (Å²) in [5, 5.41) is 18.2. The first-order valence-electron chi connectivity index (χ1n) is 11.0. The minimum Gasteiger partial charge on any atom is -0.480 e. The number of ether oxygens (including phenoxy) is 2. The van der Waals surface area contributed by atoms with Crippen LogP contribution in [0.4, 0.5) is 9.59 Å². The molecule has 2 saturated heterocycles. The molecule has 2 saturated carbocycles. The van der Waals surface area contributed by atoms with E-state index in [4.69, 9.17) is 19.7 Å². The lowest BCUT2D eigenvalue weighted by Gasteiger charge is -2.28. The van der Waals surface area contributed by atoms with Crippen LogP contribution in [0.1, 0.15) is 54.4 Å². The third kappa shape index (κ3) is 5.45. The summed E-state index contributed by atoms with van der Waals surface area (Å²) in [4.78, 5) is 48.4. The monoisotopic (exact) mass is 454 g/mol. The Morgan fingerprint density at radius 3 is 1.25 bits per heavy atom. The number of aliphatic carboxylic acids is 2. The summed E-state index contributed by atoms with van der Waals surface area (Å²) in [6.07, 6.45) is 0.839. The molecule has 0 spiro atoms. The van der Waals surface area contributed by atoms with Crippen molar-refractivity contribution in [3.63, 3.8) is 0 Å². The lowest BCUT2D eigenvalue weighted by molar-refractivity contribution is -0.143. The number of carboxylic acid groups (broad SMARTS) is 2. The van der Waals surface area contributed by atoms with Gasteiger partial charge in [-0.3, -0.25) is 9.80 Å². The Kier molecular flexibility index (Phi) is 6.12. The van der Waals surface area contributed by atoms with Crippen molar-refractivity contribution in [3.8, 4) is 0 Å². The highest BCUT2D eigenvalue weighted by atomic mass is 16.6. The van der Waals surface area contributed by atoms with Crippen LogP contribution in [-0.2, 0) is 19.1 Å². The van der Waals surface area contributed by atoms with Gasteiger partial charge in [-0.2, -0.15) is 0 Å². The summed E-state index contributed by atoms with van der Waals surface area (Å²) in [5.74, 6) is -0.816. The Morgan fingerprint density at radius 1 is 0.688 bits per heavy atom. The number of carboxylic acids is 2. The van der Waals surface area contributed by atoms with Crippen molar-refractivity contribution in [2.75, 3.05) is 13.1 Å². The molecule has 6 atom stereocenters. The molecule has 32 heavy (non-hydrogen) atoms. The summed E-state index contributed by atoms with van der Waals surface area (Å²) in [6, 6.07) is -1.36. The van der Waals surface area contributed by atoms with Crippen LogP contribution in [-0.4, -0.2) is 80.5 Å². The molecule has 0 radical (unpaired) electrons. The van der Waals surface area contributed by atoms with E-state index in [-0.39, 0.29) is 11.8 Å². The number of hydrogen-bond acceptors (Lipinski definition) is 6. The molecule has 4 fully saturated rings. The molecule has 180 valence electrons. The molecule has 2 heterocycles. The molecule has 2 aliphatic carbocycles. The molecule has 2 amide bonds. The van der Waals surface area contributed by atoms with Crippen molar-refractivity contribution < 1.29 is 38.9 Å². The molecule has 0 bridgehead atoms. The molecule has 2 aliphatic heterocycles. The molecule has 0 aromatic rings. The molecule has 0 aromatic heterocycles. The van der Waals surface area contributed by atoms with Crippen LogP contribution in [0.3, 0.4) is 0 Å². The van der Waals surface area contributed by atoms with Gasteiger partial charge in [0, 0.05) is 13.1 Å². The van der Waals surface area contributed by atoms with Gasteiger partial charge in [0.2, 0.25) is 0 Å². The van der Waals surface area contributed by atoms with E-state index >= 15 is 0 Å². The lowest BCUT2D eigenvalue weighted by atomic mass is 10.2. The van der Waals surface area contributed by atoms with E-state index in [1.807, 2.05) is 0 Å². The summed E-state index contributed by atoms with van der Waals surface area (Å²) in [6.45, 7) is 11.7. The number of fused-ring (bicyclic) bond motifs is 2. The van der Waals surface area contributed by atoms with Gasteiger partial charge < -0.3 is 19.7 Å². The van der Waals surface area contributed by atoms with Crippen molar-refractivity contribution in [2.24, 2.45) is 23.7 Å². The molecule has 2 unspecified atom stereocenters. The first kappa shape index (κ1) is 24.1. The maximum atomic E-state index is 11.8. The number of rotatable bonds is 2. The summed E-state index contributed by atoms with van der Waals surface area (Å²) in [5.41, 5.74) is -1.15. The Morgan fingerprint density at radius 2 is 1.00 bits per heavy atom. The highest BCUT2D eigenvalue weighted by Crippen LogP contribution is 2.50. The predicted octanol–water partition coefficient (Wildman–Crippen LogP) is 2.65. The van der Waals surface area contributed by atoms with Gasteiger partial charge in [0.1, 0.15) is 23.3 Å². The smallest absolute Gasteiger partial charge is 0.411 e. The van der Waals surface area contributed by atoms with Crippen molar-refractivity contribution in [2.45, 2.75) is 77.7 Å². The molecule has 10 heteroatoms. The van der Waals surface area contributed by atoms with E-state index in [0.717, 1.165) is 12.8 Å². The molecule has 2 N–H and O–H groups in total. The topological polar surface area (TPSA) is 134 Å². The number of carbonyl (C=O) groups is 4. The number of nitrogens with zero attached hydrogens (tertiary/aromatic N) is 2. The van der Waals surface area contributed by atoms with Gasteiger partial charge in [-0.15, -0.1) is 0 Å². The Balaban J connectivity index is 0.000000181. The summed E-state index contributed by atoms with van der Waals surface area (Å²) >= 11 is 0. The second-order valence-corrected chi connectivity index (χ2v) is 11.2. The maximum absolute atomic E-state index is 11.8. The van der Waals surface area contributed by atoms with Crippen LogP contribution >= 0.6 is 0 Å². The molecule has 0 aromatic carbocycles. The number of carbonyl (C=O) groups excluding carboxylic acids is 2. The minimum absolute atomic E-state index is 0.144. The standard InChI is InChI=1S/2C11H17NO4/c2*1-11(2,3)16-10(15)12-5-6-4-7(6)8(12)9(13)14/h2*6-8H,4-5H2,1-3H3,(H,13,14)/t6?,7-,8+;6?,7-,8-/m00/s1. The highest BCUT2D eigenvalue weighted by molar-refractivity contribution is 5.82. The predicted molar refractivity (Wildman–Crippen MR) is 112 cm³/mol. The molecule has 4 aliphatic rings. The van der Waals surface area contributed by atoms with E-state index in [2.05, 4.69) is 0 Å². The maximum Gasteiger partial charge on any atom is 0.411 e.